The van der Waals surface area contributed by atoms with Gasteiger partial charge in [-0.15, -0.1) is 0 Å². The van der Waals surface area contributed by atoms with E-state index in [1.54, 1.807) is 24.9 Å². The summed E-state index contributed by atoms with van der Waals surface area (Å²) in [5.74, 6) is 0.995. The van der Waals surface area contributed by atoms with Gasteiger partial charge in [0, 0.05) is 18.2 Å². The third-order valence-electron chi connectivity index (χ3n) is 7.22. The molecule has 0 spiro atoms. The number of hydrogen-bond acceptors (Lipinski definition) is 5. The molecule has 2 unspecified atom stereocenters. The van der Waals surface area contributed by atoms with E-state index in [-0.39, 0.29) is 20.3 Å². The van der Waals surface area contributed by atoms with Crippen molar-refractivity contribution in [3.8, 4) is 22.5 Å². The summed E-state index contributed by atoms with van der Waals surface area (Å²) in [7, 11) is 1.63. The molecule has 0 aliphatic rings. The van der Waals surface area contributed by atoms with Crippen LogP contribution in [0.5, 0.6) is 0 Å². The largest absolute Gasteiger partial charge is 1.00 e. The summed E-state index contributed by atoms with van der Waals surface area (Å²) in [6.07, 6.45) is 1.74. The number of aryl methyl sites for hydroxylation is 1. The van der Waals surface area contributed by atoms with E-state index in [2.05, 4.69) is 43.4 Å². The fourth-order valence-electron chi connectivity index (χ4n) is 4.85. The second kappa shape index (κ2) is 15.3. The number of carbonyl (C=O) groups is 2. The van der Waals surface area contributed by atoms with Crippen molar-refractivity contribution >= 4 is 23.6 Å². The van der Waals surface area contributed by atoms with Crippen LogP contribution in [0.3, 0.4) is 0 Å². The Bertz CT molecular complexity index is 1500. The predicted octanol–water partition coefficient (Wildman–Crippen LogP) is 4.83. The molecule has 0 aliphatic heterocycles. The normalized spacial score (nSPS) is 12.4. The van der Waals surface area contributed by atoms with Gasteiger partial charge in [0.25, 0.3) is 5.91 Å². The zero-order valence-electron chi connectivity index (χ0n) is 26.1. The third-order valence-corrected chi connectivity index (χ3v) is 7.87. The molecular weight excluding hydrogens is 541 g/mol. The zero-order chi connectivity index (χ0) is 29.5. The maximum absolute atomic E-state index is 13.4. The number of furan rings is 1. The summed E-state index contributed by atoms with van der Waals surface area (Å²) < 4.78 is 12.2. The van der Waals surface area contributed by atoms with Gasteiger partial charge < -0.3 is 21.0 Å². The van der Waals surface area contributed by atoms with Gasteiger partial charge in [-0.05, 0) is 83.4 Å². The molecule has 4 aromatic rings. The molecule has 2 N–H and O–H groups in total. The van der Waals surface area contributed by atoms with Crippen LogP contribution < -0.4 is 24.2 Å². The first-order valence-corrected chi connectivity index (χ1v) is 15.1. The summed E-state index contributed by atoms with van der Waals surface area (Å²) in [6, 6.07) is 24.6. The molecule has 1 amide bonds. The number of carboxylic acid groups (broad SMARTS) is 1. The number of amides is 1. The Balaban J connectivity index is 0.00000323. The van der Waals surface area contributed by atoms with Crippen LogP contribution in [0.4, 0.5) is 0 Å². The SMILES string of the molecule is COC(c1ccc(C(=O)NC(CCSC)C(=O)O)c(-c2ccccc2C)c1)c1ccc(-c2ccc(C(C)C)cc2)o1.[H-].[Li+]. The number of thioether (sulfide) groups is 1. The van der Waals surface area contributed by atoms with Crippen molar-refractivity contribution in [2.75, 3.05) is 19.1 Å². The topological polar surface area (TPSA) is 88.8 Å². The molecular formula is C34H38LiNO5S. The second-order valence-electron chi connectivity index (χ2n) is 10.4. The average molecular weight is 580 g/mol. The number of nitrogens with one attached hydrogen (secondary N) is 1. The first-order chi connectivity index (χ1) is 19.7. The minimum Gasteiger partial charge on any atom is -1.00 e. The molecule has 0 saturated heterocycles. The van der Waals surface area contributed by atoms with Gasteiger partial charge in [0.15, 0.2) is 0 Å². The standard InChI is InChI=1S/C34H37NO5S.Li.H/c1-21(2)23-10-12-24(13-11-23)30-16-17-31(40-30)32(39-4)25-14-15-27(28(20-25)26-9-7-6-8-22(26)3)33(36)35-29(34(37)38)18-19-41-5;;/h6-17,20-21,29,32H,18-19H2,1-5H3,(H,35,36)(H,37,38);;/q;+1;-1. The van der Waals surface area contributed by atoms with Crippen molar-refractivity contribution in [3.05, 3.63) is 107 Å². The van der Waals surface area contributed by atoms with E-state index in [0.29, 0.717) is 35.0 Å². The first-order valence-electron chi connectivity index (χ1n) is 13.7. The van der Waals surface area contributed by atoms with E-state index >= 15 is 0 Å². The van der Waals surface area contributed by atoms with Crippen LogP contribution >= 0.6 is 11.8 Å². The zero-order valence-corrected chi connectivity index (χ0v) is 26.0. The molecule has 0 saturated carbocycles. The van der Waals surface area contributed by atoms with Crippen molar-refractivity contribution in [2.45, 2.75) is 45.3 Å². The molecule has 0 fully saturated rings. The van der Waals surface area contributed by atoms with Gasteiger partial charge in [-0.2, -0.15) is 11.8 Å². The maximum Gasteiger partial charge on any atom is 1.00 e. The fraction of sp³-hybridized carbons (Fsp3) is 0.294. The van der Waals surface area contributed by atoms with Gasteiger partial charge in [0.1, 0.15) is 23.7 Å². The summed E-state index contributed by atoms with van der Waals surface area (Å²) in [4.78, 5) is 25.3. The van der Waals surface area contributed by atoms with Crippen LogP contribution in [-0.2, 0) is 9.53 Å². The van der Waals surface area contributed by atoms with Crippen LogP contribution in [-0.4, -0.2) is 42.1 Å². The number of carbonyl (C=O) groups excluding carboxylic acids is 1. The van der Waals surface area contributed by atoms with Crippen molar-refractivity contribution in [1.82, 2.24) is 5.32 Å². The Morgan fingerprint density at radius 3 is 2.29 bits per heavy atom. The molecule has 6 nitrogen and oxygen atoms in total. The van der Waals surface area contributed by atoms with Crippen molar-refractivity contribution < 1.29 is 44.1 Å². The van der Waals surface area contributed by atoms with Crippen LogP contribution in [0, 0.1) is 6.92 Å². The van der Waals surface area contributed by atoms with Crippen LogP contribution in [0.1, 0.15) is 66.5 Å². The van der Waals surface area contributed by atoms with Gasteiger partial charge in [-0.1, -0.05) is 68.4 Å². The Labute approximate surface area is 265 Å². The van der Waals surface area contributed by atoms with E-state index in [1.807, 2.05) is 61.7 Å². The molecule has 3 aromatic carbocycles. The average Bonchev–Trinajstić information content (AvgIpc) is 3.45. The molecule has 8 heteroatoms. The Morgan fingerprint density at radius 2 is 1.67 bits per heavy atom. The summed E-state index contributed by atoms with van der Waals surface area (Å²) in [6.45, 7) is 6.32. The molecule has 0 aliphatic carbocycles. The number of rotatable bonds is 12. The summed E-state index contributed by atoms with van der Waals surface area (Å²) >= 11 is 1.54. The fourth-order valence-corrected chi connectivity index (χ4v) is 5.32. The first kappa shape index (κ1) is 33.3. The molecule has 4 rings (SSSR count). The minimum absolute atomic E-state index is 0. The molecule has 42 heavy (non-hydrogen) atoms. The molecule has 2 atom stereocenters. The molecule has 1 aromatic heterocycles. The van der Waals surface area contributed by atoms with E-state index in [0.717, 1.165) is 28.0 Å². The van der Waals surface area contributed by atoms with Gasteiger partial charge >= 0.3 is 24.8 Å². The number of hydrogen-bond donors (Lipinski definition) is 2. The number of methoxy groups -OCH3 is 1. The number of ether oxygens (including phenoxy) is 1. The van der Waals surface area contributed by atoms with Crippen LogP contribution in [0.25, 0.3) is 22.5 Å². The Hall–Kier alpha value is -3.21. The van der Waals surface area contributed by atoms with Crippen molar-refractivity contribution in [1.29, 1.82) is 0 Å². The molecule has 216 valence electrons. The van der Waals surface area contributed by atoms with Crippen LogP contribution in [0.2, 0.25) is 0 Å². The van der Waals surface area contributed by atoms with E-state index in [1.165, 1.54) is 5.56 Å². The molecule has 0 bridgehead atoms. The summed E-state index contributed by atoms with van der Waals surface area (Å²) in [5.41, 5.74) is 6.05. The number of aliphatic carboxylic acids is 1. The van der Waals surface area contributed by atoms with Gasteiger partial charge in [0.2, 0.25) is 0 Å². The van der Waals surface area contributed by atoms with E-state index < -0.39 is 24.0 Å². The number of benzene rings is 3. The Morgan fingerprint density at radius 1 is 0.976 bits per heavy atom. The van der Waals surface area contributed by atoms with Gasteiger partial charge in [-0.25, -0.2) is 4.79 Å². The smallest absolute Gasteiger partial charge is 1.00 e. The van der Waals surface area contributed by atoms with Gasteiger partial charge in [0.05, 0.1) is 0 Å². The van der Waals surface area contributed by atoms with E-state index in [9.17, 15) is 14.7 Å². The minimum atomic E-state index is -1.05. The summed E-state index contributed by atoms with van der Waals surface area (Å²) in [5, 5.41) is 12.4. The monoisotopic (exact) mass is 579 g/mol. The number of carboxylic acids is 1. The van der Waals surface area contributed by atoms with Crippen molar-refractivity contribution in [3.63, 3.8) is 0 Å². The molecule has 1 heterocycles. The second-order valence-corrected chi connectivity index (χ2v) is 11.3. The van der Waals surface area contributed by atoms with Gasteiger partial charge in [-0.3, -0.25) is 4.79 Å². The third kappa shape index (κ3) is 7.79. The van der Waals surface area contributed by atoms with E-state index in [4.69, 9.17) is 9.15 Å². The van der Waals surface area contributed by atoms with Crippen molar-refractivity contribution in [2.24, 2.45) is 0 Å². The quantitative estimate of drug-likeness (QED) is 0.234. The Kier molecular flexibility index (Phi) is 12.1. The predicted molar refractivity (Wildman–Crippen MR) is 167 cm³/mol. The van der Waals surface area contributed by atoms with Crippen LogP contribution in [0.15, 0.2) is 83.3 Å². The molecule has 0 radical (unpaired) electrons. The maximum atomic E-state index is 13.4.